The molecule has 9 nitrogen and oxygen atoms in total. The van der Waals surface area contributed by atoms with Crippen molar-refractivity contribution in [3.05, 3.63) is 40.7 Å². The highest BCUT2D eigenvalue weighted by atomic mass is 16.1. The maximum absolute atomic E-state index is 12.1. The summed E-state index contributed by atoms with van der Waals surface area (Å²) in [6, 6.07) is 5.66. The maximum Gasteiger partial charge on any atom is 0.269 e. The summed E-state index contributed by atoms with van der Waals surface area (Å²) in [7, 11) is 3.55. The normalized spacial score (nSPS) is 15.6. The van der Waals surface area contributed by atoms with E-state index in [2.05, 4.69) is 51.9 Å². The Balaban J connectivity index is 2.06. The Labute approximate surface area is 196 Å². The number of nitrogens with zero attached hydrogens (tertiary/aromatic N) is 4. The molecule has 1 unspecified atom stereocenters. The fourth-order valence-corrected chi connectivity index (χ4v) is 3.88. The van der Waals surface area contributed by atoms with Crippen LogP contribution in [0.4, 0.5) is 29.0 Å². The average molecular weight is 451 g/mol. The van der Waals surface area contributed by atoms with Gasteiger partial charge in [-0.3, -0.25) is 4.79 Å². The van der Waals surface area contributed by atoms with E-state index in [0.29, 0.717) is 28.8 Å². The van der Waals surface area contributed by atoms with Crippen LogP contribution >= 0.6 is 0 Å². The summed E-state index contributed by atoms with van der Waals surface area (Å²) in [5.41, 5.74) is 2.56. The number of nitrogens with one attached hydrogen (secondary N) is 4. The Morgan fingerprint density at radius 2 is 2.09 bits per heavy atom. The zero-order valence-electron chi connectivity index (χ0n) is 20.3. The summed E-state index contributed by atoms with van der Waals surface area (Å²) in [5, 5.41) is 12.7. The van der Waals surface area contributed by atoms with Crippen LogP contribution in [0, 0.1) is 18.9 Å². The molecule has 4 N–H and O–H groups in total. The Bertz CT molecular complexity index is 1050. The minimum absolute atomic E-state index is 0.0218. The molecule has 3 rings (SSSR count). The summed E-state index contributed by atoms with van der Waals surface area (Å²) in [4.78, 5) is 27.4. The number of anilines is 4. The number of aromatic nitrogens is 2. The van der Waals surface area contributed by atoms with Crippen molar-refractivity contribution in [2.24, 2.45) is 5.41 Å². The van der Waals surface area contributed by atoms with Crippen LogP contribution in [0.3, 0.4) is 0 Å². The number of benzene rings is 1. The Hall–Kier alpha value is -3.38. The zero-order chi connectivity index (χ0) is 24.2. The first-order valence-corrected chi connectivity index (χ1v) is 11.2. The third-order valence-electron chi connectivity index (χ3n) is 5.42. The SMILES string of the molecule is [C-]#[N+]c1c(Nc2cc(C(=O)NC)ccc2C)nc(NC2CCNC2)nc1N(C)CC(C)(C)C. The van der Waals surface area contributed by atoms with Crippen molar-refractivity contribution < 1.29 is 4.79 Å². The second-order valence-electron chi connectivity index (χ2n) is 9.66. The average Bonchev–Trinajstić information content (AvgIpc) is 3.26. The minimum atomic E-state index is -0.173. The molecule has 1 atom stereocenters. The van der Waals surface area contributed by atoms with Crippen molar-refractivity contribution in [3.63, 3.8) is 0 Å². The van der Waals surface area contributed by atoms with Gasteiger partial charge in [0.05, 0.1) is 6.57 Å². The van der Waals surface area contributed by atoms with Gasteiger partial charge in [-0.05, 0) is 43.0 Å². The molecule has 1 saturated heterocycles. The zero-order valence-corrected chi connectivity index (χ0v) is 20.3. The van der Waals surface area contributed by atoms with E-state index in [1.165, 1.54) is 0 Å². The molecule has 1 fully saturated rings. The van der Waals surface area contributed by atoms with E-state index in [-0.39, 0.29) is 17.4 Å². The molecule has 0 aliphatic carbocycles. The van der Waals surface area contributed by atoms with E-state index in [1.807, 2.05) is 24.9 Å². The van der Waals surface area contributed by atoms with Gasteiger partial charge >= 0.3 is 0 Å². The van der Waals surface area contributed by atoms with E-state index in [9.17, 15) is 4.79 Å². The topological polar surface area (TPSA) is 98.6 Å². The molecular formula is C24H34N8O. The van der Waals surface area contributed by atoms with E-state index in [1.54, 1.807) is 19.2 Å². The van der Waals surface area contributed by atoms with Crippen LogP contribution in [0.5, 0.6) is 0 Å². The second kappa shape index (κ2) is 10.0. The molecule has 0 saturated carbocycles. The first-order chi connectivity index (χ1) is 15.6. The van der Waals surface area contributed by atoms with Gasteiger partial charge < -0.3 is 26.2 Å². The molecule has 1 aromatic heterocycles. The number of hydrogen-bond acceptors (Lipinski definition) is 7. The van der Waals surface area contributed by atoms with Gasteiger partial charge in [-0.2, -0.15) is 0 Å². The van der Waals surface area contributed by atoms with Crippen LogP contribution in [0.2, 0.25) is 0 Å². The molecule has 2 heterocycles. The lowest BCUT2D eigenvalue weighted by Crippen LogP contribution is -2.30. The smallest absolute Gasteiger partial charge is 0.269 e. The second-order valence-corrected chi connectivity index (χ2v) is 9.66. The molecule has 2 aromatic rings. The van der Waals surface area contributed by atoms with Gasteiger partial charge in [-0.25, -0.2) is 14.8 Å². The summed E-state index contributed by atoms with van der Waals surface area (Å²) >= 11 is 0. The Morgan fingerprint density at radius 3 is 2.70 bits per heavy atom. The number of hydrogen-bond donors (Lipinski definition) is 4. The molecular weight excluding hydrogens is 416 g/mol. The fraction of sp³-hybridized carbons (Fsp3) is 0.500. The lowest BCUT2D eigenvalue weighted by atomic mass is 9.96. The maximum atomic E-state index is 12.1. The molecule has 33 heavy (non-hydrogen) atoms. The van der Waals surface area contributed by atoms with E-state index in [4.69, 9.17) is 11.6 Å². The highest BCUT2D eigenvalue weighted by molar-refractivity contribution is 5.95. The predicted octanol–water partition coefficient (Wildman–Crippen LogP) is 3.70. The van der Waals surface area contributed by atoms with E-state index in [0.717, 1.165) is 37.3 Å². The quantitative estimate of drug-likeness (QED) is 0.478. The third-order valence-corrected chi connectivity index (χ3v) is 5.42. The highest BCUT2D eigenvalue weighted by Crippen LogP contribution is 2.37. The minimum Gasteiger partial charge on any atom is -0.368 e. The van der Waals surface area contributed by atoms with Gasteiger partial charge in [0.2, 0.25) is 5.95 Å². The number of aryl methyl sites for hydroxylation is 1. The van der Waals surface area contributed by atoms with Crippen molar-refractivity contribution in [3.8, 4) is 0 Å². The number of carbonyl (C=O) groups excluding carboxylic acids is 1. The summed E-state index contributed by atoms with van der Waals surface area (Å²) in [6.45, 7) is 18.8. The highest BCUT2D eigenvalue weighted by Gasteiger charge is 2.24. The molecule has 1 aromatic carbocycles. The third kappa shape index (κ3) is 6.11. The van der Waals surface area contributed by atoms with Crippen molar-refractivity contribution >= 4 is 34.9 Å². The Morgan fingerprint density at radius 1 is 1.33 bits per heavy atom. The van der Waals surface area contributed by atoms with Crippen LogP contribution in [-0.4, -0.2) is 55.6 Å². The van der Waals surface area contributed by atoms with Gasteiger partial charge in [0.1, 0.15) is 11.6 Å². The molecule has 0 bridgehead atoms. The van der Waals surface area contributed by atoms with Gasteiger partial charge in [0, 0.05) is 44.5 Å². The largest absolute Gasteiger partial charge is 0.368 e. The monoisotopic (exact) mass is 450 g/mol. The lowest BCUT2D eigenvalue weighted by molar-refractivity contribution is 0.0963. The van der Waals surface area contributed by atoms with Gasteiger partial charge in [-0.1, -0.05) is 26.8 Å². The number of amides is 1. The molecule has 176 valence electrons. The molecule has 0 spiro atoms. The number of carbonyl (C=O) groups is 1. The molecule has 0 radical (unpaired) electrons. The van der Waals surface area contributed by atoms with Gasteiger partial charge in [0.15, 0.2) is 0 Å². The van der Waals surface area contributed by atoms with Crippen LogP contribution in [-0.2, 0) is 0 Å². The predicted molar refractivity (Wildman–Crippen MR) is 134 cm³/mol. The summed E-state index contributed by atoms with van der Waals surface area (Å²) in [5.74, 6) is 1.30. The van der Waals surface area contributed by atoms with Crippen molar-refractivity contribution in [1.29, 1.82) is 0 Å². The lowest BCUT2D eigenvalue weighted by Gasteiger charge is -2.29. The molecule has 9 heteroatoms. The first kappa shape index (κ1) is 24.3. The summed E-state index contributed by atoms with van der Waals surface area (Å²) < 4.78 is 0. The molecule has 1 aliphatic rings. The van der Waals surface area contributed by atoms with Crippen molar-refractivity contribution in [2.75, 3.05) is 49.3 Å². The summed E-state index contributed by atoms with van der Waals surface area (Å²) in [6.07, 6.45) is 0.983. The van der Waals surface area contributed by atoms with Crippen LogP contribution < -0.4 is 26.2 Å². The van der Waals surface area contributed by atoms with Gasteiger partial charge in [-0.15, -0.1) is 0 Å². The van der Waals surface area contributed by atoms with Gasteiger partial charge in [0.25, 0.3) is 11.6 Å². The van der Waals surface area contributed by atoms with E-state index < -0.39 is 0 Å². The number of rotatable bonds is 7. The fourth-order valence-electron chi connectivity index (χ4n) is 3.88. The molecule has 1 aliphatic heterocycles. The van der Waals surface area contributed by atoms with Crippen molar-refractivity contribution in [2.45, 2.75) is 40.2 Å². The molecule has 1 amide bonds. The Kier molecular flexibility index (Phi) is 7.39. The van der Waals surface area contributed by atoms with Crippen LogP contribution in [0.15, 0.2) is 18.2 Å². The van der Waals surface area contributed by atoms with Crippen molar-refractivity contribution in [1.82, 2.24) is 20.6 Å². The first-order valence-electron chi connectivity index (χ1n) is 11.2. The standard InChI is InChI=1S/C24H34N8O/c1-15-8-9-16(22(33)26-6)12-18(15)29-20-19(25-5)21(32(7)14-24(2,3)4)31-23(30-20)28-17-10-11-27-13-17/h8-9,12,17,27H,10-11,13-14H2,1-4,6-7H3,(H,26,33)(H2,28,29,30,31). The van der Waals surface area contributed by atoms with E-state index >= 15 is 0 Å². The van der Waals surface area contributed by atoms with Crippen LogP contribution in [0.1, 0.15) is 43.1 Å². The van der Waals surface area contributed by atoms with Crippen LogP contribution in [0.25, 0.3) is 4.85 Å².